The second-order valence-electron chi connectivity index (χ2n) is 5.86. The number of fused-ring (bicyclic) bond motifs is 1. The van der Waals surface area contributed by atoms with Gasteiger partial charge in [-0.3, -0.25) is 0 Å². The van der Waals surface area contributed by atoms with Gasteiger partial charge in [0.25, 0.3) is 0 Å². The van der Waals surface area contributed by atoms with Crippen molar-refractivity contribution < 1.29 is 0 Å². The molecule has 0 amide bonds. The average molecular weight is 287 g/mol. The van der Waals surface area contributed by atoms with E-state index in [1.54, 1.807) is 11.8 Å². The summed E-state index contributed by atoms with van der Waals surface area (Å²) in [5, 5.41) is 9.95. The molecule has 0 unspecified atom stereocenters. The Labute approximate surface area is 124 Å². The van der Waals surface area contributed by atoms with Gasteiger partial charge in [-0.1, -0.05) is 24.2 Å². The molecule has 0 aliphatic heterocycles. The van der Waals surface area contributed by atoms with Crippen LogP contribution in [0, 0.1) is 23.7 Å². The fourth-order valence-electron chi connectivity index (χ4n) is 2.06. The molecular formula is C16H21N3S. The molecule has 0 saturated carbocycles. The molecule has 1 heterocycles. The van der Waals surface area contributed by atoms with E-state index in [9.17, 15) is 0 Å². The quantitative estimate of drug-likeness (QED) is 0.619. The lowest BCUT2D eigenvalue weighted by Crippen LogP contribution is -2.07. The van der Waals surface area contributed by atoms with Gasteiger partial charge in [0.2, 0.25) is 0 Å². The predicted molar refractivity (Wildman–Crippen MR) is 84.8 cm³/mol. The molecule has 1 N–H and O–H groups in total. The highest BCUT2D eigenvalue weighted by atomic mass is 32.2. The highest BCUT2D eigenvalue weighted by molar-refractivity contribution is 7.99. The van der Waals surface area contributed by atoms with Crippen LogP contribution in [-0.4, -0.2) is 15.7 Å². The topological polar surface area (TPSA) is 52.5 Å². The maximum Gasteiger partial charge on any atom is 0.166 e. The van der Waals surface area contributed by atoms with Gasteiger partial charge >= 0.3 is 0 Å². The number of thioether (sulfide) groups is 1. The number of hydrogen-bond acceptors (Lipinski definition) is 3. The third-order valence-corrected chi connectivity index (χ3v) is 4.31. The number of aryl methyl sites for hydroxylation is 1. The number of rotatable bonds is 6. The molecule has 0 spiro atoms. The summed E-state index contributed by atoms with van der Waals surface area (Å²) >= 11 is 1.76. The van der Waals surface area contributed by atoms with E-state index in [4.69, 9.17) is 5.26 Å². The maximum absolute atomic E-state index is 8.96. The van der Waals surface area contributed by atoms with Crippen molar-refractivity contribution in [1.82, 2.24) is 9.97 Å². The molecule has 0 aliphatic carbocycles. The lowest BCUT2D eigenvalue weighted by molar-refractivity contribution is 0.433. The first kappa shape index (κ1) is 14.9. The molecule has 0 bridgehead atoms. The molecule has 2 rings (SSSR count). The van der Waals surface area contributed by atoms with Gasteiger partial charge < -0.3 is 4.98 Å². The van der Waals surface area contributed by atoms with E-state index in [0.717, 1.165) is 41.2 Å². The molecule has 0 fully saturated rings. The van der Waals surface area contributed by atoms with Gasteiger partial charge in [-0.2, -0.15) is 5.26 Å². The number of hydrogen-bond donors (Lipinski definition) is 1. The van der Waals surface area contributed by atoms with Crippen LogP contribution < -0.4 is 0 Å². The molecule has 0 atom stereocenters. The maximum atomic E-state index is 8.96. The van der Waals surface area contributed by atoms with E-state index in [1.165, 1.54) is 5.56 Å². The van der Waals surface area contributed by atoms with Gasteiger partial charge in [-0.05, 0) is 51.3 Å². The number of aromatic nitrogens is 2. The summed E-state index contributed by atoms with van der Waals surface area (Å²) in [5.41, 5.74) is 3.19. The van der Waals surface area contributed by atoms with Crippen molar-refractivity contribution in [3.63, 3.8) is 0 Å². The fourth-order valence-corrected chi connectivity index (χ4v) is 2.95. The van der Waals surface area contributed by atoms with Crippen molar-refractivity contribution in [2.24, 2.45) is 5.41 Å². The van der Waals surface area contributed by atoms with Gasteiger partial charge in [0.1, 0.15) is 0 Å². The monoisotopic (exact) mass is 287 g/mol. The summed E-state index contributed by atoms with van der Waals surface area (Å²) in [5.74, 6) is 1.04. The van der Waals surface area contributed by atoms with Crippen molar-refractivity contribution in [3.05, 3.63) is 23.8 Å². The minimum Gasteiger partial charge on any atom is -0.333 e. The molecule has 3 nitrogen and oxygen atoms in total. The third-order valence-electron chi connectivity index (χ3n) is 3.35. The lowest BCUT2D eigenvalue weighted by Gasteiger charge is -2.13. The minimum absolute atomic E-state index is 0.193. The van der Waals surface area contributed by atoms with Crippen LogP contribution in [0.1, 0.15) is 38.7 Å². The van der Waals surface area contributed by atoms with Gasteiger partial charge in [-0.15, -0.1) is 0 Å². The molecule has 4 heteroatoms. The van der Waals surface area contributed by atoms with Crippen LogP contribution in [0.5, 0.6) is 0 Å². The van der Waals surface area contributed by atoms with E-state index in [2.05, 4.69) is 41.2 Å². The molecule has 1 aromatic carbocycles. The zero-order valence-electron chi connectivity index (χ0n) is 12.4. The number of H-pyrrole nitrogens is 1. The second-order valence-corrected chi connectivity index (χ2v) is 6.95. The van der Waals surface area contributed by atoms with Crippen molar-refractivity contribution in [2.75, 3.05) is 5.75 Å². The molecular weight excluding hydrogens is 266 g/mol. The van der Waals surface area contributed by atoms with Crippen molar-refractivity contribution in [1.29, 1.82) is 5.26 Å². The SMILES string of the molecule is Cc1ccc2nc(SCCCCC(C)(C)C#N)[nH]c2c1. The first-order chi connectivity index (χ1) is 9.50. The van der Waals surface area contributed by atoms with E-state index >= 15 is 0 Å². The minimum atomic E-state index is -0.193. The van der Waals surface area contributed by atoms with Crippen LogP contribution in [0.4, 0.5) is 0 Å². The standard InChI is InChI=1S/C16H21N3S/c1-12-6-7-13-14(10-12)19-15(18-13)20-9-5-4-8-16(2,3)11-17/h6-7,10H,4-5,8-9H2,1-3H3,(H,18,19). The van der Waals surface area contributed by atoms with Crippen molar-refractivity contribution in [2.45, 2.75) is 45.2 Å². The van der Waals surface area contributed by atoms with Gasteiger partial charge in [0, 0.05) is 5.75 Å². The number of aromatic amines is 1. The smallest absolute Gasteiger partial charge is 0.166 e. The van der Waals surface area contributed by atoms with Gasteiger partial charge in [0.05, 0.1) is 22.5 Å². The summed E-state index contributed by atoms with van der Waals surface area (Å²) in [6.45, 7) is 6.09. The molecule has 0 aliphatic rings. The van der Waals surface area contributed by atoms with Crippen LogP contribution in [0.15, 0.2) is 23.4 Å². The summed E-state index contributed by atoms with van der Waals surface area (Å²) in [6, 6.07) is 8.62. The first-order valence-electron chi connectivity index (χ1n) is 7.01. The van der Waals surface area contributed by atoms with Gasteiger partial charge in [0.15, 0.2) is 5.16 Å². The molecule has 0 saturated heterocycles. The second kappa shape index (κ2) is 6.32. The normalized spacial score (nSPS) is 11.7. The Balaban J connectivity index is 1.80. The highest BCUT2D eigenvalue weighted by Gasteiger charge is 2.15. The Morgan fingerprint density at radius 1 is 1.35 bits per heavy atom. The molecule has 2 aromatic rings. The van der Waals surface area contributed by atoms with E-state index in [1.807, 2.05) is 13.8 Å². The Bertz CT molecular complexity index is 622. The Morgan fingerprint density at radius 2 is 2.15 bits per heavy atom. The summed E-state index contributed by atoms with van der Waals surface area (Å²) in [7, 11) is 0. The van der Waals surface area contributed by atoms with E-state index in [-0.39, 0.29) is 5.41 Å². The van der Waals surface area contributed by atoms with E-state index < -0.39 is 0 Å². The number of unbranched alkanes of at least 4 members (excludes halogenated alkanes) is 1. The summed E-state index contributed by atoms with van der Waals surface area (Å²) < 4.78 is 0. The molecule has 1 aromatic heterocycles. The summed E-state index contributed by atoms with van der Waals surface area (Å²) in [4.78, 5) is 7.93. The average Bonchev–Trinajstić information content (AvgIpc) is 2.80. The van der Waals surface area contributed by atoms with E-state index in [0.29, 0.717) is 0 Å². The lowest BCUT2D eigenvalue weighted by atomic mass is 9.89. The van der Waals surface area contributed by atoms with Crippen LogP contribution in [0.2, 0.25) is 0 Å². The Hall–Kier alpha value is -1.47. The van der Waals surface area contributed by atoms with Crippen LogP contribution >= 0.6 is 11.8 Å². The molecule has 106 valence electrons. The Kier molecular flexibility index (Phi) is 4.72. The van der Waals surface area contributed by atoms with Crippen molar-refractivity contribution >= 4 is 22.8 Å². The zero-order chi connectivity index (χ0) is 14.6. The van der Waals surface area contributed by atoms with Crippen LogP contribution in [0.3, 0.4) is 0 Å². The predicted octanol–water partition coefficient (Wildman–Crippen LogP) is 4.68. The third kappa shape index (κ3) is 4.01. The number of imidazole rings is 1. The molecule has 20 heavy (non-hydrogen) atoms. The highest BCUT2D eigenvalue weighted by Crippen LogP contribution is 2.24. The number of benzene rings is 1. The van der Waals surface area contributed by atoms with Gasteiger partial charge in [-0.25, -0.2) is 4.98 Å². The van der Waals surface area contributed by atoms with Crippen LogP contribution in [0.25, 0.3) is 11.0 Å². The Morgan fingerprint density at radius 3 is 2.90 bits per heavy atom. The van der Waals surface area contributed by atoms with Crippen molar-refractivity contribution in [3.8, 4) is 6.07 Å². The number of nitrogens with zero attached hydrogens (tertiary/aromatic N) is 2. The molecule has 0 radical (unpaired) electrons. The first-order valence-corrected chi connectivity index (χ1v) is 7.99. The fraction of sp³-hybridized carbons (Fsp3) is 0.500. The summed E-state index contributed by atoms with van der Waals surface area (Å²) in [6.07, 6.45) is 3.17. The largest absolute Gasteiger partial charge is 0.333 e. The zero-order valence-corrected chi connectivity index (χ0v) is 13.2. The number of nitriles is 1. The number of nitrogens with one attached hydrogen (secondary N) is 1. The van der Waals surface area contributed by atoms with Crippen LogP contribution in [-0.2, 0) is 0 Å².